The van der Waals surface area contributed by atoms with Gasteiger partial charge in [0.05, 0.1) is 11.7 Å². The molecular weight excluding hydrogens is 300 g/mol. The lowest BCUT2D eigenvalue weighted by atomic mass is 10.1. The van der Waals surface area contributed by atoms with Crippen LogP contribution in [0, 0.1) is 0 Å². The zero-order valence-corrected chi connectivity index (χ0v) is 14.3. The molecule has 1 fully saturated rings. The van der Waals surface area contributed by atoms with Crippen molar-refractivity contribution in [3.8, 4) is 5.75 Å². The fourth-order valence-corrected chi connectivity index (χ4v) is 2.94. The van der Waals surface area contributed by atoms with Crippen LogP contribution in [0.4, 0.5) is 11.4 Å². The first-order valence-corrected chi connectivity index (χ1v) is 8.55. The Labute approximate surface area is 143 Å². The Morgan fingerprint density at radius 2 is 1.71 bits per heavy atom. The van der Waals surface area contributed by atoms with E-state index in [0.29, 0.717) is 11.3 Å². The first-order valence-electron chi connectivity index (χ1n) is 8.55. The molecule has 0 saturated carbocycles. The Hall–Kier alpha value is -2.49. The molecule has 0 radical (unpaired) electrons. The van der Waals surface area contributed by atoms with E-state index in [0.717, 1.165) is 18.8 Å². The van der Waals surface area contributed by atoms with E-state index in [1.54, 1.807) is 6.07 Å². The highest BCUT2D eigenvalue weighted by molar-refractivity contribution is 6.06. The van der Waals surface area contributed by atoms with Crippen molar-refractivity contribution in [3.63, 3.8) is 0 Å². The number of benzene rings is 2. The first-order chi connectivity index (χ1) is 11.6. The molecule has 0 aromatic heterocycles. The Bertz CT molecular complexity index is 689. The highest BCUT2D eigenvalue weighted by atomic mass is 16.5. The minimum atomic E-state index is -0.153. The molecule has 0 atom stereocenters. The summed E-state index contributed by atoms with van der Waals surface area (Å²) in [6, 6.07) is 15.4. The van der Waals surface area contributed by atoms with E-state index in [1.165, 1.54) is 18.5 Å². The van der Waals surface area contributed by atoms with Crippen molar-refractivity contribution < 1.29 is 9.53 Å². The number of carbonyl (C=O) groups is 1. The van der Waals surface area contributed by atoms with E-state index in [2.05, 4.69) is 22.3 Å². The molecule has 3 rings (SSSR count). The number of ether oxygens (including phenoxy) is 1. The number of hydrogen-bond donors (Lipinski definition) is 1. The Morgan fingerprint density at radius 1 is 1.04 bits per heavy atom. The number of amides is 1. The van der Waals surface area contributed by atoms with Crippen LogP contribution in [0.2, 0.25) is 0 Å². The van der Waals surface area contributed by atoms with Gasteiger partial charge in [0.15, 0.2) is 0 Å². The van der Waals surface area contributed by atoms with E-state index in [1.807, 2.05) is 44.2 Å². The zero-order valence-electron chi connectivity index (χ0n) is 14.3. The van der Waals surface area contributed by atoms with Gasteiger partial charge in [-0.1, -0.05) is 12.1 Å². The van der Waals surface area contributed by atoms with E-state index in [4.69, 9.17) is 4.74 Å². The molecule has 2 aromatic rings. The fourth-order valence-electron chi connectivity index (χ4n) is 2.94. The molecule has 2 aromatic carbocycles. The van der Waals surface area contributed by atoms with E-state index >= 15 is 0 Å². The van der Waals surface area contributed by atoms with Crippen molar-refractivity contribution in [2.24, 2.45) is 0 Å². The minimum Gasteiger partial charge on any atom is -0.490 e. The van der Waals surface area contributed by atoms with Gasteiger partial charge >= 0.3 is 0 Å². The maximum atomic E-state index is 12.6. The number of nitrogens with zero attached hydrogens (tertiary/aromatic N) is 1. The van der Waals surface area contributed by atoms with E-state index < -0.39 is 0 Å². The number of hydrogen-bond acceptors (Lipinski definition) is 3. The van der Waals surface area contributed by atoms with Crippen LogP contribution < -0.4 is 15.0 Å². The van der Waals surface area contributed by atoms with Gasteiger partial charge in [-0.2, -0.15) is 0 Å². The van der Waals surface area contributed by atoms with Gasteiger partial charge in [-0.25, -0.2) is 0 Å². The summed E-state index contributed by atoms with van der Waals surface area (Å²) in [5.41, 5.74) is 2.56. The van der Waals surface area contributed by atoms with E-state index in [9.17, 15) is 4.79 Å². The lowest BCUT2D eigenvalue weighted by Gasteiger charge is -2.18. The van der Waals surface area contributed by atoms with Crippen LogP contribution >= 0.6 is 0 Å². The lowest BCUT2D eigenvalue weighted by Crippen LogP contribution is -2.18. The Morgan fingerprint density at radius 3 is 2.38 bits per heavy atom. The third kappa shape index (κ3) is 3.88. The number of rotatable bonds is 5. The Kier molecular flexibility index (Phi) is 5.04. The molecule has 1 amide bonds. The van der Waals surface area contributed by atoms with Crippen molar-refractivity contribution in [2.45, 2.75) is 32.8 Å². The molecular formula is C20H24N2O2. The maximum Gasteiger partial charge on any atom is 0.259 e. The van der Waals surface area contributed by atoms with Gasteiger partial charge in [-0.05, 0) is 63.1 Å². The number of anilines is 2. The van der Waals surface area contributed by atoms with Gasteiger partial charge in [0, 0.05) is 24.5 Å². The van der Waals surface area contributed by atoms with Crippen LogP contribution in [0.1, 0.15) is 37.0 Å². The van der Waals surface area contributed by atoms with Gasteiger partial charge in [0.1, 0.15) is 5.75 Å². The monoisotopic (exact) mass is 324 g/mol. The predicted octanol–water partition coefficient (Wildman–Crippen LogP) is 4.33. The molecule has 1 aliphatic rings. The molecule has 24 heavy (non-hydrogen) atoms. The highest BCUT2D eigenvalue weighted by Crippen LogP contribution is 2.24. The molecule has 0 spiro atoms. The summed E-state index contributed by atoms with van der Waals surface area (Å²) in [5.74, 6) is 0.457. The molecule has 1 N–H and O–H groups in total. The van der Waals surface area contributed by atoms with Gasteiger partial charge in [0.2, 0.25) is 0 Å². The summed E-state index contributed by atoms with van der Waals surface area (Å²) in [4.78, 5) is 14.9. The minimum absolute atomic E-state index is 0.0266. The second kappa shape index (κ2) is 7.39. The van der Waals surface area contributed by atoms with Crippen LogP contribution in [0.25, 0.3) is 0 Å². The summed E-state index contributed by atoms with van der Waals surface area (Å²) < 4.78 is 5.72. The second-order valence-electron chi connectivity index (χ2n) is 6.36. The summed E-state index contributed by atoms with van der Waals surface area (Å²) in [6.45, 7) is 6.13. The summed E-state index contributed by atoms with van der Waals surface area (Å²) in [6.07, 6.45) is 2.54. The van der Waals surface area contributed by atoms with Gasteiger partial charge in [0.25, 0.3) is 5.91 Å². The summed E-state index contributed by atoms with van der Waals surface area (Å²) in [7, 11) is 0. The molecule has 0 unspecified atom stereocenters. The number of carbonyl (C=O) groups excluding carboxylic acids is 1. The molecule has 126 valence electrons. The van der Waals surface area contributed by atoms with Gasteiger partial charge in [-0.15, -0.1) is 0 Å². The largest absolute Gasteiger partial charge is 0.490 e. The van der Waals surface area contributed by atoms with Crippen LogP contribution in [-0.4, -0.2) is 25.1 Å². The van der Waals surface area contributed by atoms with Crippen LogP contribution in [0.3, 0.4) is 0 Å². The average molecular weight is 324 g/mol. The average Bonchev–Trinajstić information content (AvgIpc) is 3.10. The summed E-state index contributed by atoms with van der Waals surface area (Å²) in [5, 5.41) is 2.95. The first kappa shape index (κ1) is 16.4. The van der Waals surface area contributed by atoms with Crippen molar-refractivity contribution >= 4 is 17.3 Å². The van der Waals surface area contributed by atoms with Crippen molar-refractivity contribution in [1.29, 1.82) is 0 Å². The van der Waals surface area contributed by atoms with Gasteiger partial charge in [-0.3, -0.25) is 4.79 Å². The maximum absolute atomic E-state index is 12.6. The highest BCUT2D eigenvalue weighted by Gasteiger charge is 2.15. The third-order valence-electron chi connectivity index (χ3n) is 4.09. The van der Waals surface area contributed by atoms with Crippen molar-refractivity contribution in [1.82, 2.24) is 0 Å². The molecule has 0 bridgehead atoms. The topological polar surface area (TPSA) is 41.6 Å². The summed E-state index contributed by atoms with van der Waals surface area (Å²) >= 11 is 0. The van der Waals surface area contributed by atoms with Crippen LogP contribution in [0.5, 0.6) is 5.75 Å². The standard InChI is InChI=1S/C20H24N2O2/c1-15(2)24-19-8-4-3-7-18(19)20(23)21-16-9-11-17(12-10-16)22-13-5-6-14-22/h3-4,7-12,15H,5-6,13-14H2,1-2H3,(H,21,23). The molecule has 1 saturated heterocycles. The predicted molar refractivity (Wildman–Crippen MR) is 98.0 cm³/mol. The van der Waals surface area contributed by atoms with Gasteiger partial charge < -0.3 is 15.0 Å². The third-order valence-corrected chi connectivity index (χ3v) is 4.09. The smallest absolute Gasteiger partial charge is 0.259 e. The molecule has 4 heteroatoms. The van der Waals surface area contributed by atoms with Crippen molar-refractivity contribution in [2.75, 3.05) is 23.3 Å². The normalized spacial score (nSPS) is 14.0. The lowest BCUT2D eigenvalue weighted by molar-refractivity contribution is 0.102. The molecule has 0 aliphatic carbocycles. The molecule has 1 aliphatic heterocycles. The van der Waals surface area contributed by atoms with E-state index in [-0.39, 0.29) is 12.0 Å². The molecule has 1 heterocycles. The molecule has 4 nitrogen and oxygen atoms in total. The quantitative estimate of drug-likeness (QED) is 0.890. The van der Waals surface area contributed by atoms with Crippen LogP contribution in [-0.2, 0) is 0 Å². The number of para-hydroxylation sites is 1. The van der Waals surface area contributed by atoms with Crippen molar-refractivity contribution in [3.05, 3.63) is 54.1 Å². The second-order valence-corrected chi connectivity index (χ2v) is 6.36. The fraction of sp³-hybridized carbons (Fsp3) is 0.350. The Balaban J connectivity index is 1.70. The zero-order chi connectivity index (χ0) is 16.9. The van der Waals surface area contributed by atoms with Crippen LogP contribution in [0.15, 0.2) is 48.5 Å². The SMILES string of the molecule is CC(C)Oc1ccccc1C(=O)Nc1ccc(N2CCCC2)cc1. The number of nitrogens with one attached hydrogen (secondary N) is 1.